The van der Waals surface area contributed by atoms with Gasteiger partial charge in [-0.25, -0.2) is 4.98 Å². The average Bonchev–Trinajstić information content (AvgIpc) is 3.04. The summed E-state index contributed by atoms with van der Waals surface area (Å²) in [6.07, 6.45) is 2.67. The van der Waals surface area contributed by atoms with Crippen LogP contribution >= 0.6 is 0 Å². The number of rotatable bonds is 7. The molecule has 0 aliphatic heterocycles. The number of aromatic nitrogens is 2. The lowest BCUT2D eigenvalue weighted by atomic mass is 10.3. The van der Waals surface area contributed by atoms with Crippen LogP contribution in [0, 0.1) is 6.92 Å². The number of hydrogen-bond acceptors (Lipinski definition) is 4. The highest BCUT2D eigenvalue weighted by atomic mass is 16.5. The SMILES string of the molecule is COc1ccccc1OCC(=O)NCCc1cn2c(C)cccc2n1. The summed E-state index contributed by atoms with van der Waals surface area (Å²) in [4.78, 5) is 16.5. The fourth-order valence-electron chi connectivity index (χ4n) is 2.58. The normalized spacial score (nSPS) is 10.6. The van der Waals surface area contributed by atoms with E-state index in [-0.39, 0.29) is 12.5 Å². The zero-order valence-electron chi connectivity index (χ0n) is 14.4. The minimum absolute atomic E-state index is 0.0509. The molecule has 6 nitrogen and oxygen atoms in total. The highest BCUT2D eigenvalue weighted by Crippen LogP contribution is 2.25. The monoisotopic (exact) mass is 339 g/mol. The number of nitrogens with one attached hydrogen (secondary N) is 1. The number of aryl methyl sites for hydroxylation is 1. The van der Waals surface area contributed by atoms with Crippen LogP contribution in [0.4, 0.5) is 0 Å². The maximum atomic E-state index is 11.9. The number of fused-ring (bicyclic) bond motifs is 1. The summed E-state index contributed by atoms with van der Waals surface area (Å²) in [6.45, 7) is 2.50. The Labute approximate surface area is 146 Å². The number of methoxy groups -OCH3 is 1. The molecular weight excluding hydrogens is 318 g/mol. The van der Waals surface area contributed by atoms with Gasteiger partial charge in [0.1, 0.15) is 5.65 Å². The minimum atomic E-state index is -0.175. The molecule has 6 heteroatoms. The third kappa shape index (κ3) is 4.09. The van der Waals surface area contributed by atoms with Crippen molar-refractivity contribution in [3.8, 4) is 11.5 Å². The van der Waals surface area contributed by atoms with Crippen molar-refractivity contribution < 1.29 is 14.3 Å². The Morgan fingerprint density at radius 3 is 2.72 bits per heavy atom. The third-order valence-corrected chi connectivity index (χ3v) is 3.88. The number of nitrogens with zero attached hydrogens (tertiary/aromatic N) is 2. The van der Waals surface area contributed by atoms with E-state index in [2.05, 4.69) is 10.3 Å². The summed E-state index contributed by atoms with van der Waals surface area (Å²) in [6, 6.07) is 13.2. The number of pyridine rings is 1. The van der Waals surface area contributed by atoms with Crippen molar-refractivity contribution in [2.45, 2.75) is 13.3 Å². The molecule has 1 aromatic carbocycles. The molecule has 1 amide bonds. The van der Waals surface area contributed by atoms with Gasteiger partial charge in [0.15, 0.2) is 18.1 Å². The van der Waals surface area contributed by atoms with Crippen LogP contribution in [0.25, 0.3) is 5.65 Å². The number of carbonyl (C=O) groups is 1. The van der Waals surface area contributed by atoms with Gasteiger partial charge in [-0.1, -0.05) is 18.2 Å². The summed E-state index contributed by atoms with van der Waals surface area (Å²) in [5, 5.41) is 2.84. The maximum absolute atomic E-state index is 11.9. The summed E-state index contributed by atoms with van der Waals surface area (Å²) < 4.78 is 12.7. The molecule has 0 bridgehead atoms. The topological polar surface area (TPSA) is 64.9 Å². The zero-order valence-corrected chi connectivity index (χ0v) is 14.4. The van der Waals surface area contributed by atoms with Gasteiger partial charge in [-0.3, -0.25) is 4.79 Å². The quantitative estimate of drug-likeness (QED) is 0.718. The van der Waals surface area contributed by atoms with E-state index < -0.39 is 0 Å². The van der Waals surface area contributed by atoms with Crippen molar-refractivity contribution in [2.24, 2.45) is 0 Å². The Bertz CT molecular complexity index is 873. The number of ether oxygens (including phenoxy) is 2. The van der Waals surface area contributed by atoms with E-state index in [1.54, 1.807) is 19.2 Å². The molecule has 2 aromatic heterocycles. The number of imidazole rings is 1. The van der Waals surface area contributed by atoms with Crippen LogP contribution in [-0.4, -0.2) is 35.6 Å². The Morgan fingerprint density at radius 1 is 1.16 bits per heavy atom. The molecule has 1 N–H and O–H groups in total. The lowest BCUT2D eigenvalue weighted by molar-refractivity contribution is -0.123. The first kappa shape index (κ1) is 16.8. The van der Waals surface area contributed by atoms with Crippen molar-refractivity contribution >= 4 is 11.6 Å². The molecule has 0 aliphatic rings. The second kappa shape index (κ2) is 7.70. The fraction of sp³-hybridized carbons (Fsp3) is 0.263. The standard InChI is InChI=1S/C19H21N3O3/c1-14-6-5-9-18-21-15(12-22(14)18)10-11-20-19(23)13-25-17-8-4-3-7-16(17)24-2/h3-9,12H,10-11,13H2,1-2H3,(H,20,23). The summed E-state index contributed by atoms with van der Waals surface area (Å²) in [5.41, 5.74) is 2.99. The van der Waals surface area contributed by atoms with Crippen LogP contribution in [-0.2, 0) is 11.2 Å². The molecule has 0 unspecified atom stereocenters. The second-order valence-corrected chi connectivity index (χ2v) is 5.67. The minimum Gasteiger partial charge on any atom is -0.493 e. The predicted octanol–water partition coefficient (Wildman–Crippen LogP) is 2.39. The summed E-state index contributed by atoms with van der Waals surface area (Å²) >= 11 is 0. The van der Waals surface area contributed by atoms with Crippen LogP contribution in [0.1, 0.15) is 11.4 Å². The van der Waals surface area contributed by atoms with E-state index in [1.165, 1.54) is 0 Å². The first-order valence-electron chi connectivity index (χ1n) is 8.13. The number of benzene rings is 1. The summed E-state index contributed by atoms with van der Waals surface area (Å²) in [5.74, 6) is 0.984. The van der Waals surface area contributed by atoms with Gasteiger partial charge < -0.3 is 19.2 Å². The van der Waals surface area contributed by atoms with E-state index in [0.29, 0.717) is 24.5 Å². The van der Waals surface area contributed by atoms with Crippen LogP contribution in [0.2, 0.25) is 0 Å². The van der Waals surface area contributed by atoms with Crippen molar-refractivity contribution in [3.05, 3.63) is 60.0 Å². The molecule has 0 spiro atoms. The molecule has 130 valence electrons. The van der Waals surface area contributed by atoms with Gasteiger partial charge in [-0.05, 0) is 31.2 Å². The van der Waals surface area contributed by atoms with Gasteiger partial charge in [0, 0.05) is 24.9 Å². The van der Waals surface area contributed by atoms with Gasteiger partial charge in [-0.15, -0.1) is 0 Å². The number of hydrogen-bond donors (Lipinski definition) is 1. The van der Waals surface area contributed by atoms with Crippen LogP contribution in [0.5, 0.6) is 11.5 Å². The fourth-order valence-corrected chi connectivity index (χ4v) is 2.58. The van der Waals surface area contributed by atoms with Gasteiger partial charge in [0.2, 0.25) is 0 Å². The van der Waals surface area contributed by atoms with Crippen LogP contribution in [0.15, 0.2) is 48.7 Å². The number of carbonyl (C=O) groups excluding carboxylic acids is 1. The predicted molar refractivity (Wildman–Crippen MR) is 95.1 cm³/mol. The number of para-hydroxylation sites is 2. The van der Waals surface area contributed by atoms with Crippen molar-refractivity contribution in [3.63, 3.8) is 0 Å². The van der Waals surface area contributed by atoms with E-state index in [0.717, 1.165) is 17.0 Å². The number of amides is 1. The van der Waals surface area contributed by atoms with Crippen molar-refractivity contribution in [1.82, 2.24) is 14.7 Å². The van der Waals surface area contributed by atoms with E-state index in [4.69, 9.17) is 9.47 Å². The molecule has 0 aliphatic carbocycles. The van der Waals surface area contributed by atoms with Crippen molar-refractivity contribution in [1.29, 1.82) is 0 Å². The average molecular weight is 339 g/mol. The molecule has 0 fully saturated rings. The first-order valence-corrected chi connectivity index (χ1v) is 8.13. The molecule has 3 rings (SSSR count). The van der Waals surface area contributed by atoms with E-state index in [9.17, 15) is 4.79 Å². The van der Waals surface area contributed by atoms with Gasteiger partial charge >= 0.3 is 0 Å². The molecule has 0 radical (unpaired) electrons. The Hall–Kier alpha value is -3.02. The lowest BCUT2D eigenvalue weighted by Crippen LogP contribution is -2.30. The molecule has 3 aromatic rings. The second-order valence-electron chi connectivity index (χ2n) is 5.67. The van der Waals surface area contributed by atoms with Crippen LogP contribution in [0.3, 0.4) is 0 Å². The van der Waals surface area contributed by atoms with Crippen LogP contribution < -0.4 is 14.8 Å². The Balaban J connectivity index is 1.48. The molecule has 25 heavy (non-hydrogen) atoms. The van der Waals surface area contributed by atoms with Crippen molar-refractivity contribution in [2.75, 3.05) is 20.3 Å². The summed E-state index contributed by atoms with van der Waals surface area (Å²) in [7, 11) is 1.57. The Kier molecular flexibility index (Phi) is 5.18. The lowest BCUT2D eigenvalue weighted by Gasteiger charge is -2.10. The van der Waals surface area contributed by atoms with E-state index in [1.807, 2.05) is 47.9 Å². The molecular formula is C19H21N3O3. The maximum Gasteiger partial charge on any atom is 0.257 e. The molecule has 0 saturated carbocycles. The largest absolute Gasteiger partial charge is 0.493 e. The molecule has 2 heterocycles. The Morgan fingerprint density at radius 2 is 1.96 bits per heavy atom. The molecule has 0 atom stereocenters. The highest BCUT2D eigenvalue weighted by Gasteiger charge is 2.07. The third-order valence-electron chi connectivity index (χ3n) is 3.88. The highest BCUT2D eigenvalue weighted by molar-refractivity contribution is 5.77. The first-order chi connectivity index (χ1) is 12.2. The molecule has 0 saturated heterocycles. The van der Waals surface area contributed by atoms with Gasteiger partial charge in [0.05, 0.1) is 12.8 Å². The zero-order chi connectivity index (χ0) is 17.6. The van der Waals surface area contributed by atoms with Gasteiger partial charge in [-0.2, -0.15) is 0 Å². The van der Waals surface area contributed by atoms with Gasteiger partial charge in [0.25, 0.3) is 5.91 Å². The smallest absolute Gasteiger partial charge is 0.257 e. The van der Waals surface area contributed by atoms with E-state index >= 15 is 0 Å².